The molecule has 21 heavy (non-hydrogen) atoms. The van der Waals surface area contributed by atoms with Gasteiger partial charge in [-0.25, -0.2) is 0 Å². The van der Waals surface area contributed by atoms with Crippen LogP contribution in [-0.4, -0.2) is 30.5 Å². The van der Waals surface area contributed by atoms with E-state index in [0.717, 1.165) is 18.7 Å². The van der Waals surface area contributed by atoms with Crippen LogP contribution in [0.1, 0.15) is 11.1 Å². The maximum atomic E-state index is 4.01. The number of pyridine rings is 1. The molecule has 1 heterocycles. The van der Waals surface area contributed by atoms with E-state index in [1.54, 1.807) is 11.9 Å². The highest BCUT2D eigenvalue weighted by atomic mass is 32.2. The Balaban J connectivity index is 1.80. The van der Waals surface area contributed by atoms with Gasteiger partial charge < -0.3 is 0 Å². The summed E-state index contributed by atoms with van der Waals surface area (Å²) < 4.78 is 3.34. The van der Waals surface area contributed by atoms with E-state index in [1.165, 1.54) is 10.5 Å². The highest BCUT2D eigenvalue weighted by Gasteiger charge is 1.95. The first-order chi connectivity index (χ1) is 10.2. The first-order valence-electron chi connectivity index (χ1n) is 6.76. The second-order valence-corrected chi connectivity index (χ2v) is 5.81. The fourth-order valence-electron chi connectivity index (χ4n) is 1.61. The standard InChI is InChI=1S/C17H19N3S/c1-20(2)13-3-4-15-5-7-17(8-6-15)21-19-14-16-9-11-18-12-10-16/h5-12,19H,13-14H2,1-2H3. The zero-order valence-electron chi connectivity index (χ0n) is 12.3. The molecular weight excluding hydrogens is 278 g/mol. The quantitative estimate of drug-likeness (QED) is 0.678. The summed E-state index contributed by atoms with van der Waals surface area (Å²) in [5, 5.41) is 0. The van der Waals surface area contributed by atoms with Gasteiger partial charge in [0.15, 0.2) is 0 Å². The molecule has 2 rings (SSSR count). The predicted octanol–water partition coefficient (Wildman–Crippen LogP) is 2.79. The molecule has 0 aliphatic heterocycles. The van der Waals surface area contributed by atoms with Crippen LogP contribution >= 0.6 is 11.9 Å². The van der Waals surface area contributed by atoms with E-state index in [2.05, 4.69) is 50.7 Å². The number of hydrogen-bond donors (Lipinski definition) is 1. The van der Waals surface area contributed by atoms with Crippen molar-refractivity contribution in [2.45, 2.75) is 11.4 Å². The van der Waals surface area contributed by atoms with Crippen molar-refractivity contribution in [3.63, 3.8) is 0 Å². The number of hydrogen-bond acceptors (Lipinski definition) is 4. The molecule has 0 aliphatic carbocycles. The van der Waals surface area contributed by atoms with Crippen molar-refractivity contribution < 1.29 is 0 Å². The Labute approximate surface area is 130 Å². The molecule has 0 spiro atoms. The molecule has 108 valence electrons. The Bertz CT molecular complexity index is 597. The topological polar surface area (TPSA) is 28.2 Å². The first-order valence-corrected chi connectivity index (χ1v) is 7.58. The Kier molecular flexibility index (Phi) is 6.29. The maximum Gasteiger partial charge on any atom is 0.0600 e. The van der Waals surface area contributed by atoms with Gasteiger partial charge in [-0.15, -0.1) is 0 Å². The third kappa shape index (κ3) is 6.01. The molecule has 1 N–H and O–H groups in total. The van der Waals surface area contributed by atoms with E-state index >= 15 is 0 Å². The molecule has 0 aliphatic rings. The highest BCUT2D eigenvalue weighted by molar-refractivity contribution is 7.97. The zero-order valence-corrected chi connectivity index (χ0v) is 13.2. The van der Waals surface area contributed by atoms with Gasteiger partial charge in [0.2, 0.25) is 0 Å². The van der Waals surface area contributed by atoms with Crippen LogP contribution in [0.5, 0.6) is 0 Å². The normalized spacial score (nSPS) is 10.2. The van der Waals surface area contributed by atoms with Crippen LogP contribution in [0.15, 0.2) is 53.7 Å². The third-order valence-corrected chi connectivity index (χ3v) is 3.49. The molecule has 1 aromatic heterocycles. The average Bonchev–Trinajstić information content (AvgIpc) is 2.50. The third-order valence-electron chi connectivity index (χ3n) is 2.70. The van der Waals surface area contributed by atoms with Gasteiger partial charge in [-0.3, -0.25) is 14.6 Å². The van der Waals surface area contributed by atoms with Crippen molar-refractivity contribution >= 4 is 11.9 Å². The maximum absolute atomic E-state index is 4.01. The van der Waals surface area contributed by atoms with Gasteiger partial charge in [-0.2, -0.15) is 0 Å². The molecular formula is C17H19N3S. The van der Waals surface area contributed by atoms with E-state index in [0.29, 0.717) is 0 Å². The minimum atomic E-state index is 0.782. The predicted molar refractivity (Wildman–Crippen MR) is 88.8 cm³/mol. The number of nitrogens with one attached hydrogen (secondary N) is 1. The van der Waals surface area contributed by atoms with E-state index < -0.39 is 0 Å². The average molecular weight is 297 g/mol. The summed E-state index contributed by atoms with van der Waals surface area (Å²) in [6, 6.07) is 12.3. The molecule has 0 fully saturated rings. The Morgan fingerprint density at radius 2 is 1.81 bits per heavy atom. The lowest BCUT2D eigenvalue weighted by atomic mass is 10.2. The molecule has 0 saturated carbocycles. The summed E-state index contributed by atoms with van der Waals surface area (Å²) in [7, 11) is 4.03. The molecule has 2 aromatic rings. The summed E-state index contributed by atoms with van der Waals surface area (Å²) in [6.07, 6.45) is 3.62. The van der Waals surface area contributed by atoms with Crippen LogP contribution in [-0.2, 0) is 6.54 Å². The second kappa shape index (κ2) is 8.48. The van der Waals surface area contributed by atoms with Crippen molar-refractivity contribution in [1.82, 2.24) is 14.6 Å². The summed E-state index contributed by atoms with van der Waals surface area (Å²) in [4.78, 5) is 7.24. The van der Waals surface area contributed by atoms with Crippen LogP contribution in [0.4, 0.5) is 0 Å². The molecule has 0 bridgehead atoms. The smallest absolute Gasteiger partial charge is 0.0600 e. The molecule has 1 aromatic carbocycles. The van der Waals surface area contributed by atoms with Gasteiger partial charge in [0, 0.05) is 29.4 Å². The lowest BCUT2D eigenvalue weighted by Crippen LogP contribution is -2.10. The van der Waals surface area contributed by atoms with Crippen LogP contribution in [0.2, 0.25) is 0 Å². The van der Waals surface area contributed by atoms with E-state index in [1.807, 2.05) is 38.6 Å². The Morgan fingerprint density at radius 3 is 2.48 bits per heavy atom. The fraction of sp³-hybridized carbons (Fsp3) is 0.235. The van der Waals surface area contributed by atoms with Gasteiger partial charge in [0.1, 0.15) is 0 Å². The monoisotopic (exact) mass is 297 g/mol. The SMILES string of the molecule is CN(C)CC#Cc1ccc(SNCc2ccncc2)cc1. The molecule has 0 radical (unpaired) electrons. The van der Waals surface area contributed by atoms with E-state index in [9.17, 15) is 0 Å². The molecule has 0 saturated heterocycles. The lowest BCUT2D eigenvalue weighted by Gasteiger charge is -2.04. The fourth-order valence-corrected chi connectivity index (χ4v) is 2.29. The van der Waals surface area contributed by atoms with Crippen LogP contribution in [0.3, 0.4) is 0 Å². The van der Waals surface area contributed by atoms with Crippen molar-refractivity contribution in [2.24, 2.45) is 0 Å². The first kappa shape index (κ1) is 15.6. The van der Waals surface area contributed by atoms with Crippen molar-refractivity contribution in [1.29, 1.82) is 0 Å². The Hall–Kier alpha value is -1.80. The summed E-state index contributed by atoms with van der Waals surface area (Å²) >= 11 is 1.63. The van der Waals surface area contributed by atoms with Gasteiger partial charge in [-0.05, 0) is 68.0 Å². The molecule has 0 atom stereocenters. The van der Waals surface area contributed by atoms with Crippen molar-refractivity contribution in [2.75, 3.05) is 20.6 Å². The van der Waals surface area contributed by atoms with E-state index in [-0.39, 0.29) is 0 Å². The number of benzene rings is 1. The zero-order chi connectivity index (χ0) is 14.9. The van der Waals surface area contributed by atoms with Crippen LogP contribution < -0.4 is 4.72 Å². The molecule has 3 nitrogen and oxygen atoms in total. The molecule has 4 heteroatoms. The molecule has 0 unspecified atom stereocenters. The van der Waals surface area contributed by atoms with Crippen LogP contribution in [0, 0.1) is 11.8 Å². The Morgan fingerprint density at radius 1 is 1.10 bits per heavy atom. The minimum Gasteiger partial charge on any atom is -0.299 e. The largest absolute Gasteiger partial charge is 0.299 e. The summed E-state index contributed by atoms with van der Waals surface area (Å²) in [5.41, 5.74) is 2.28. The number of nitrogens with zero attached hydrogens (tertiary/aromatic N) is 2. The van der Waals surface area contributed by atoms with Crippen LogP contribution in [0.25, 0.3) is 0 Å². The summed E-state index contributed by atoms with van der Waals surface area (Å²) in [5.74, 6) is 6.29. The number of rotatable bonds is 5. The lowest BCUT2D eigenvalue weighted by molar-refractivity contribution is 0.464. The van der Waals surface area contributed by atoms with Crippen molar-refractivity contribution in [3.8, 4) is 11.8 Å². The van der Waals surface area contributed by atoms with Crippen molar-refractivity contribution in [3.05, 3.63) is 59.9 Å². The van der Waals surface area contributed by atoms with Gasteiger partial charge in [0.25, 0.3) is 0 Å². The second-order valence-electron chi connectivity index (χ2n) is 4.84. The minimum absolute atomic E-state index is 0.782. The highest BCUT2D eigenvalue weighted by Crippen LogP contribution is 2.15. The van der Waals surface area contributed by atoms with Gasteiger partial charge in [-0.1, -0.05) is 11.8 Å². The van der Waals surface area contributed by atoms with Gasteiger partial charge in [0.05, 0.1) is 6.54 Å². The van der Waals surface area contributed by atoms with E-state index in [4.69, 9.17) is 0 Å². The van der Waals surface area contributed by atoms with Gasteiger partial charge >= 0.3 is 0 Å². The summed E-state index contributed by atoms with van der Waals surface area (Å²) in [6.45, 7) is 1.60. The number of aromatic nitrogens is 1. The molecule has 0 amide bonds.